The van der Waals surface area contributed by atoms with Gasteiger partial charge in [-0.2, -0.15) is 11.8 Å². The van der Waals surface area contributed by atoms with Crippen LogP contribution in [0.1, 0.15) is 70.6 Å². The Morgan fingerprint density at radius 1 is 0.750 bits per heavy atom. The summed E-state index contributed by atoms with van der Waals surface area (Å²) >= 11 is 7.78. The Bertz CT molecular complexity index is 2200. The van der Waals surface area contributed by atoms with E-state index in [1.54, 1.807) is 36.4 Å². The molecule has 3 heterocycles. The molecule has 3 aromatic rings. The van der Waals surface area contributed by atoms with Gasteiger partial charge in [0.1, 0.15) is 23.8 Å². The van der Waals surface area contributed by atoms with Crippen LogP contribution in [0.5, 0.6) is 0 Å². The molecule has 2 aliphatic heterocycles. The molecule has 0 radical (unpaired) electrons. The van der Waals surface area contributed by atoms with Gasteiger partial charge in [-0.25, -0.2) is 19.2 Å². The second-order valence-corrected chi connectivity index (χ2v) is 19.1. The summed E-state index contributed by atoms with van der Waals surface area (Å²) in [5.74, 6) is 1.06. The Balaban J connectivity index is 0.752. The summed E-state index contributed by atoms with van der Waals surface area (Å²) in [6.07, 6.45) is 12.1. The second-order valence-electron chi connectivity index (χ2n) is 17.4. The van der Waals surface area contributed by atoms with Gasteiger partial charge >= 0.3 is 6.03 Å². The fourth-order valence-electron chi connectivity index (χ4n) is 7.68. The Hall–Kier alpha value is -5.58. The number of nitrogens with zero attached hydrogens (tertiary/aromatic N) is 3. The van der Waals surface area contributed by atoms with Gasteiger partial charge in [-0.15, -0.1) is 0 Å². The van der Waals surface area contributed by atoms with Crippen molar-refractivity contribution in [2.75, 3.05) is 101 Å². The maximum absolute atomic E-state index is 13.5. The van der Waals surface area contributed by atoms with E-state index in [0.717, 1.165) is 50.8 Å². The molecule has 2 fully saturated rings. The quantitative estimate of drug-likeness (QED) is 0.0189. The molecule has 6 amide bonds. The zero-order valence-corrected chi connectivity index (χ0v) is 42.7. The third kappa shape index (κ3) is 23.3. The number of carbonyl (C=O) groups excluding carboxylic acids is 5. The van der Waals surface area contributed by atoms with E-state index in [1.165, 1.54) is 24.5 Å². The van der Waals surface area contributed by atoms with Gasteiger partial charge in [0.05, 0.1) is 43.5 Å². The molecule has 5 rings (SSSR count). The van der Waals surface area contributed by atoms with Crippen LogP contribution in [-0.4, -0.2) is 147 Å². The van der Waals surface area contributed by atoms with E-state index in [0.29, 0.717) is 119 Å². The molecule has 2 aromatic carbocycles. The number of ether oxygens (including phenoxy) is 3. The lowest BCUT2D eigenvalue weighted by atomic mass is 10.0. The predicted octanol–water partition coefficient (Wildman–Crippen LogP) is 6.04. The summed E-state index contributed by atoms with van der Waals surface area (Å²) in [6.45, 7) is 5.87. The third-order valence-electron chi connectivity index (χ3n) is 11.4. The van der Waals surface area contributed by atoms with Crippen LogP contribution in [0.25, 0.3) is 0 Å². The molecule has 394 valence electrons. The van der Waals surface area contributed by atoms with Crippen molar-refractivity contribution in [3.63, 3.8) is 0 Å². The van der Waals surface area contributed by atoms with E-state index in [2.05, 4.69) is 57.4 Å². The number of likely N-dealkylation sites (N-methyl/N-ethyl adjacent to an activating group) is 1. The first-order valence-corrected chi connectivity index (χ1v) is 26.2. The Morgan fingerprint density at radius 2 is 1.36 bits per heavy atom. The second kappa shape index (κ2) is 33.2. The number of anilines is 5. The Morgan fingerprint density at radius 3 is 2.03 bits per heavy atom. The maximum atomic E-state index is 13.5. The highest BCUT2D eigenvalue weighted by Crippen LogP contribution is 2.33. The number of fused-ring (bicyclic) bond motifs is 1. The van der Waals surface area contributed by atoms with Gasteiger partial charge in [0.25, 0.3) is 0 Å². The zero-order valence-electron chi connectivity index (χ0n) is 41.1. The molecule has 2 saturated heterocycles. The van der Waals surface area contributed by atoms with E-state index < -0.39 is 5.82 Å². The lowest BCUT2D eigenvalue weighted by Crippen LogP contribution is -2.36. The number of aromatic nitrogens is 2. The topological polar surface area (TPSA) is 238 Å². The highest BCUT2D eigenvalue weighted by atomic mass is 35.5. The van der Waals surface area contributed by atoms with E-state index in [9.17, 15) is 28.4 Å². The van der Waals surface area contributed by atoms with Gasteiger partial charge < -0.3 is 61.6 Å². The smallest absolute Gasteiger partial charge is 0.315 e. The summed E-state index contributed by atoms with van der Waals surface area (Å²) in [5.41, 5.74) is 1.87. The number of hydrogen-bond donors (Lipinski definition) is 8. The van der Waals surface area contributed by atoms with Crippen LogP contribution in [0.4, 0.5) is 37.9 Å². The van der Waals surface area contributed by atoms with E-state index >= 15 is 0 Å². The van der Waals surface area contributed by atoms with Crippen LogP contribution in [0.15, 0.2) is 67.0 Å². The number of hydrogen-bond acceptors (Lipinski definition) is 14. The Labute approximate surface area is 431 Å². The van der Waals surface area contributed by atoms with E-state index in [-0.39, 0.29) is 59.6 Å². The highest BCUT2D eigenvalue weighted by Gasteiger charge is 2.42. The number of thioether (sulfide) groups is 1. The molecule has 1 aromatic heterocycles. The molecule has 22 heteroatoms. The van der Waals surface area contributed by atoms with Crippen molar-refractivity contribution in [3.05, 3.63) is 77.9 Å². The molecule has 19 nitrogen and oxygen atoms in total. The van der Waals surface area contributed by atoms with Gasteiger partial charge in [0.2, 0.25) is 23.6 Å². The monoisotopic (exact) mass is 1040 g/mol. The zero-order chi connectivity index (χ0) is 51.2. The summed E-state index contributed by atoms with van der Waals surface area (Å²) < 4.78 is 30.2. The summed E-state index contributed by atoms with van der Waals surface area (Å²) in [7, 11) is 1.97. The van der Waals surface area contributed by atoms with Crippen molar-refractivity contribution in [1.29, 1.82) is 0 Å². The number of urea groups is 1. The minimum Gasteiger partial charge on any atom is -0.379 e. The Kier molecular flexibility index (Phi) is 26.4. The van der Waals surface area contributed by atoms with Gasteiger partial charge in [0, 0.05) is 98.9 Å². The number of carbonyl (C=O) groups is 5. The van der Waals surface area contributed by atoms with E-state index in [1.807, 2.05) is 24.9 Å². The summed E-state index contributed by atoms with van der Waals surface area (Å²) in [5, 5.41) is 24.2. The SMILES string of the molecule is CN(C/C=C/C(=O)Nc1cccc(Nc2cc(Nc3ccc(F)c(Cl)c3)ncn2)c1)CCCCNC(=O)CCCC(=O)NCCCOCCOCCOCCCNC(=O)CCCC[C@@H]1SC[C@@H]2NC(=O)N[C@@H]21. The van der Waals surface area contributed by atoms with Crippen LogP contribution in [0.2, 0.25) is 5.02 Å². The fourth-order valence-corrected chi connectivity index (χ4v) is 9.41. The minimum absolute atomic E-state index is 0.00237. The largest absolute Gasteiger partial charge is 0.379 e. The van der Waals surface area contributed by atoms with Crippen LogP contribution < -0.4 is 42.5 Å². The fraction of sp³-hybridized carbons (Fsp3) is 0.540. The predicted molar refractivity (Wildman–Crippen MR) is 279 cm³/mol. The number of unbranched alkanes of at least 4 members (excludes halogenated alkanes) is 2. The highest BCUT2D eigenvalue weighted by molar-refractivity contribution is 8.00. The molecule has 0 saturated carbocycles. The first-order chi connectivity index (χ1) is 35.0. The molecule has 72 heavy (non-hydrogen) atoms. The van der Waals surface area contributed by atoms with Gasteiger partial charge in [0.15, 0.2) is 0 Å². The van der Waals surface area contributed by atoms with Crippen LogP contribution >= 0.6 is 23.4 Å². The van der Waals surface area contributed by atoms with Crippen LogP contribution in [-0.2, 0) is 33.4 Å². The number of benzene rings is 2. The minimum atomic E-state index is -0.511. The molecule has 0 aliphatic carbocycles. The lowest BCUT2D eigenvalue weighted by Gasteiger charge is -2.16. The molecule has 0 unspecified atom stereocenters. The average Bonchev–Trinajstić information content (AvgIpc) is 3.91. The molecule has 0 spiro atoms. The summed E-state index contributed by atoms with van der Waals surface area (Å²) in [4.78, 5) is 71.3. The van der Waals surface area contributed by atoms with Crippen molar-refractivity contribution in [2.24, 2.45) is 0 Å². The van der Waals surface area contributed by atoms with Crippen molar-refractivity contribution in [2.45, 2.75) is 88.0 Å². The molecule has 0 bridgehead atoms. The number of rotatable bonds is 36. The van der Waals surface area contributed by atoms with Crippen molar-refractivity contribution >= 4 is 81.7 Å². The maximum Gasteiger partial charge on any atom is 0.315 e. The van der Waals surface area contributed by atoms with Crippen molar-refractivity contribution < 1.29 is 42.6 Å². The van der Waals surface area contributed by atoms with Crippen molar-refractivity contribution in [1.82, 2.24) is 41.5 Å². The number of amides is 6. The van der Waals surface area contributed by atoms with Gasteiger partial charge in [-0.3, -0.25) is 19.2 Å². The van der Waals surface area contributed by atoms with Crippen LogP contribution in [0, 0.1) is 5.82 Å². The molecular formula is C50H71ClFN11O8S. The number of nitrogens with one attached hydrogen (secondary N) is 8. The third-order valence-corrected chi connectivity index (χ3v) is 13.2. The first kappa shape index (κ1) is 57.3. The number of halogens is 2. The van der Waals surface area contributed by atoms with E-state index in [4.69, 9.17) is 25.8 Å². The molecular weight excluding hydrogens is 969 g/mol. The summed E-state index contributed by atoms with van der Waals surface area (Å²) in [6, 6.07) is 13.6. The van der Waals surface area contributed by atoms with Gasteiger partial charge in [-0.1, -0.05) is 30.2 Å². The van der Waals surface area contributed by atoms with Crippen LogP contribution in [0.3, 0.4) is 0 Å². The standard InChI is InChI=1S/C50H71ClFN11O8S/c1-63(24-8-17-48(67)60-37-12-6-11-36(31-37)58-43-33-44(57-35-56-43)59-38-18-19-40(52)39(51)32-38)23-5-4-20-53-46(65)15-7-16-47(66)55-22-10-26-70-28-30-71-29-27-69-25-9-21-54-45(64)14-3-2-13-42-49-41(34-72-42)61-50(68)62-49/h6,8,11-12,17-19,31-33,35,41-42,49H,2-5,7,9-10,13-16,20-30,34H2,1H3,(H,53,65)(H,54,64)(H,55,66)(H,60,67)(H2,61,62,68)(H2,56,57,58,59)/b17-8+/t41-,42-,49-/m0/s1. The first-order valence-electron chi connectivity index (χ1n) is 24.8. The molecule has 3 atom stereocenters. The van der Waals surface area contributed by atoms with Crippen molar-refractivity contribution in [3.8, 4) is 0 Å². The normalized spacial score (nSPS) is 16.0. The van der Waals surface area contributed by atoms with Gasteiger partial charge in [-0.05, 0) is 94.9 Å². The molecule has 8 N–H and O–H groups in total. The molecule has 2 aliphatic rings. The lowest BCUT2D eigenvalue weighted by molar-refractivity contribution is -0.123. The average molecular weight is 1040 g/mol.